The Kier molecular flexibility index (Phi) is 6.92. The summed E-state index contributed by atoms with van der Waals surface area (Å²) in [7, 11) is 1.39. The fourth-order valence-corrected chi connectivity index (χ4v) is 8.74. The molecule has 230 valence electrons. The molecule has 3 fully saturated rings. The van der Waals surface area contributed by atoms with E-state index in [-0.39, 0.29) is 41.5 Å². The maximum Gasteiger partial charge on any atom is 0.258 e. The van der Waals surface area contributed by atoms with E-state index in [1.165, 1.54) is 25.3 Å². The molecule has 7 rings (SSSR count). The van der Waals surface area contributed by atoms with E-state index in [0.717, 1.165) is 26.4 Å². The second kappa shape index (κ2) is 10.4. The predicted octanol–water partition coefficient (Wildman–Crippen LogP) is 6.07. The van der Waals surface area contributed by atoms with Gasteiger partial charge in [-0.3, -0.25) is 24.1 Å². The second-order valence-corrected chi connectivity index (χ2v) is 13.8. The molecule has 2 saturated heterocycles. The third-order valence-corrected chi connectivity index (χ3v) is 11.5. The van der Waals surface area contributed by atoms with Gasteiger partial charge in [-0.15, -0.1) is 23.2 Å². The zero-order valence-corrected chi connectivity index (χ0v) is 26.6. The summed E-state index contributed by atoms with van der Waals surface area (Å²) in [6.45, 7) is 0. The van der Waals surface area contributed by atoms with Crippen LogP contribution in [0.25, 0.3) is 0 Å². The minimum absolute atomic E-state index is 0.0622. The highest BCUT2D eigenvalue weighted by Crippen LogP contribution is 2.67. The van der Waals surface area contributed by atoms with Gasteiger partial charge in [0, 0.05) is 16.0 Å². The average Bonchev–Trinajstić information content (AvgIpc) is 3.36. The standard InChI is InChI=1S/C33H24BrCl2FN2O6/c1-45-24-4-2-3-23(40)26(24)27-20-13-14-21-25(29(42)38(28(21)41)18-9-5-16(34)6-10-18)22(20)15-32(35)30(43)39(31(44)33(27,32)36)19-11-7-17(37)8-12-19/h2-13,21-22,25,27,40H,14-15H2,1H3/t21-,22+,25-,27+,32+,33-/m0/s1. The summed E-state index contributed by atoms with van der Waals surface area (Å²) in [4.78, 5) is 54.4. The molecule has 45 heavy (non-hydrogen) atoms. The number of halogens is 4. The van der Waals surface area contributed by atoms with Crippen LogP contribution in [0, 0.1) is 23.6 Å². The summed E-state index contributed by atoms with van der Waals surface area (Å²) in [6, 6.07) is 16.1. The number of alkyl halides is 2. The van der Waals surface area contributed by atoms with E-state index in [1.54, 1.807) is 42.5 Å². The molecular formula is C33H24BrCl2FN2O6. The Morgan fingerprint density at radius 3 is 2.20 bits per heavy atom. The third kappa shape index (κ3) is 4.01. The van der Waals surface area contributed by atoms with Gasteiger partial charge in [0.2, 0.25) is 11.8 Å². The maximum atomic E-state index is 14.5. The molecule has 0 aromatic heterocycles. The maximum absolute atomic E-state index is 14.5. The third-order valence-electron chi connectivity index (χ3n) is 9.53. The summed E-state index contributed by atoms with van der Waals surface area (Å²) < 4.78 is 20.2. The molecule has 0 radical (unpaired) electrons. The zero-order chi connectivity index (χ0) is 32.0. The Labute approximate surface area is 275 Å². The molecule has 2 heterocycles. The van der Waals surface area contributed by atoms with E-state index in [2.05, 4.69) is 15.9 Å². The Hall–Kier alpha value is -3.73. The minimum atomic E-state index is -2.20. The van der Waals surface area contributed by atoms with E-state index in [0.29, 0.717) is 11.3 Å². The number of hydrogen-bond acceptors (Lipinski definition) is 6. The molecule has 1 saturated carbocycles. The van der Waals surface area contributed by atoms with Crippen molar-refractivity contribution in [3.63, 3.8) is 0 Å². The molecular weight excluding hydrogens is 690 g/mol. The van der Waals surface area contributed by atoms with Crippen LogP contribution < -0.4 is 14.5 Å². The normalized spacial score (nSPS) is 30.6. The molecule has 8 nitrogen and oxygen atoms in total. The summed E-state index contributed by atoms with van der Waals surface area (Å²) in [6.07, 6.45) is 1.69. The highest BCUT2D eigenvalue weighted by atomic mass is 79.9. The molecule has 4 amide bonds. The zero-order valence-electron chi connectivity index (χ0n) is 23.5. The van der Waals surface area contributed by atoms with Crippen molar-refractivity contribution in [2.45, 2.75) is 28.5 Å². The molecule has 0 unspecified atom stereocenters. The number of rotatable bonds is 4. The van der Waals surface area contributed by atoms with E-state index < -0.39 is 57.0 Å². The first kappa shape index (κ1) is 30.0. The van der Waals surface area contributed by atoms with Crippen molar-refractivity contribution in [3.05, 3.63) is 94.2 Å². The first-order valence-electron chi connectivity index (χ1n) is 14.2. The number of imide groups is 2. The van der Waals surface area contributed by atoms with Crippen LogP contribution in [0.5, 0.6) is 11.5 Å². The quantitative estimate of drug-likeness (QED) is 0.200. The lowest BCUT2D eigenvalue weighted by Gasteiger charge is -2.50. The molecule has 3 aromatic rings. The first-order chi connectivity index (χ1) is 21.4. The lowest BCUT2D eigenvalue weighted by atomic mass is 9.56. The van der Waals surface area contributed by atoms with Crippen LogP contribution in [0.4, 0.5) is 15.8 Å². The van der Waals surface area contributed by atoms with E-state index in [1.807, 2.05) is 0 Å². The Balaban J connectivity index is 1.43. The van der Waals surface area contributed by atoms with Gasteiger partial charge in [-0.05, 0) is 79.4 Å². The van der Waals surface area contributed by atoms with Crippen molar-refractivity contribution >= 4 is 74.1 Å². The number of allylic oxidation sites excluding steroid dienone is 2. The topological polar surface area (TPSA) is 104 Å². The van der Waals surface area contributed by atoms with Crippen LogP contribution in [0.3, 0.4) is 0 Å². The molecule has 2 aliphatic carbocycles. The highest BCUT2D eigenvalue weighted by Gasteiger charge is 2.77. The van der Waals surface area contributed by atoms with Gasteiger partial charge in [0.05, 0.1) is 30.3 Å². The van der Waals surface area contributed by atoms with E-state index in [4.69, 9.17) is 27.9 Å². The first-order valence-corrected chi connectivity index (χ1v) is 15.7. The van der Waals surface area contributed by atoms with Crippen LogP contribution in [-0.4, -0.2) is 45.6 Å². The number of ether oxygens (including phenoxy) is 1. The van der Waals surface area contributed by atoms with Crippen LogP contribution in [0.15, 0.2) is 82.9 Å². The van der Waals surface area contributed by atoms with Crippen LogP contribution >= 0.6 is 39.1 Å². The van der Waals surface area contributed by atoms with Gasteiger partial charge in [0.1, 0.15) is 17.3 Å². The number of benzene rings is 3. The molecule has 4 aliphatic rings. The van der Waals surface area contributed by atoms with Gasteiger partial charge >= 0.3 is 0 Å². The molecule has 6 atom stereocenters. The highest BCUT2D eigenvalue weighted by molar-refractivity contribution is 9.10. The molecule has 1 N–H and O–H groups in total. The number of carbonyl (C=O) groups is 4. The smallest absolute Gasteiger partial charge is 0.258 e. The number of aromatic hydroxyl groups is 1. The Morgan fingerprint density at radius 2 is 1.53 bits per heavy atom. The number of phenols is 1. The largest absolute Gasteiger partial charge is 0.508 e. The number of phenolic OH excluding ortho intramolecular Hbond substituents is 1. The van der Waals surface area contributed by atoms with Crippen molar-refractivity contribution in [3.8, 4) is 11.5 Å². The summed E-state index contributed by atoms with van der Waals surface area (Å²) >= 11 is 18.1. The number of methoxy groups -OCH3 is 1. The lowest BCUT2D eigenvalue weighted by molar-refractivity contribution is -0.125. The van der Waals surface area contributed by atoms with Gasteiger partial charge in [-0.25, -0.2) is 9.29 Å². The van der Waals surface area contributed by atoms with E-state index in [9.17, 15) is 28.7 Å². The molecule has 12 heteroatoms. The van der Waals surface area contributed by atoms with Crippen molar-refractivity contribution in [1.29, 1.82) is 0 Å². The molecule has 2 aliphatic heterocycles. The van der Waals surface area contributed by atoms with Gasteiger partial charge in [-0.2, -0.15) is 0 Å². The fraction of sp³-hybridized carbons (Fsp3) is 0.273. The number of amides is 4. The van der Waals surface area contributed by atoms with Gasteiger partial charge in [-0.1, -0.05) is 33.6 Å². The van der Waals surface area contributed by atoms with Crippen LogP contribution in [-0.2, 0) is 19.2 Å². The van der Waals surface area contributed by atoms with Gasteiger partial charge in [0.25, 0.3) is 11.8 Å². The SMILES string of the molecule is COc1cccc(O)c1[C@H]1C2=CC[C@@H]3C(=O)N(c4ccc(Br)cc4)C(=O)[C@@H]3[C@@H]2C[C@@]2(Cl)C(=O)N(c3ccc(F)cc3)C(=O)[C@@]12Cl. The summed E-state index contributed by atoms with van der Waals surface area (Å²) in [5.41, 5.74) is 1.09. The fourth-order valence-electron chi connectivity index (χ4n) is 7.56. The minimum Gasteiger partial charge on any atom is -0.508 e. The van der Waals surface area contributed by atoms with Crippen LogP contribution in [0.2, 0.25) is 0 Å². The van der Waals surface area contributed by atoms with Crippen molar-refractivity contribution < 1.29 is 33.4 Å². The Morgan fingerprint density at radius 1 is 0.889 bits per heavy atom. The number of carbonyl (C=O) groups excluding carboxylic acids is 4. The average molecular weight is 714 g/mol. The Bertz CT molecular complexity index is 1840. The van der Waals surface area contributed by atoms with E-state index >= 15 is 0 Å². The van der Waals surface area contributed by atoms with Crippen molar-refractivity contribution in [2.24, 2.45) is 17.8 Å². The lowest BCUT2D eigenvalue weighted by Crippen LogP contribution is -2.60. The monoisotopic (exact) mass is 712 g/mol. The van der Waals surface area contributed by atoms with Crippen molar-refractivity contribution in [1.82, 2.24) is 0 Å². The van der Waals surface area contributed by atoms with Gasteiger partial charge in [0.15, 0.2) is 9.75 Å². The van der Waals surface area contributed by atoms with Gasteiger partial charge < -0.3 is 9.84 Å². The molecule has 3 aromatic carbocycles. The summed E-state index contributed by atoms with van der Waals surface area (Å²) in [5, 5.41) is 11.3. The number of nitrogens with zero attached hydrogens (tertiary/aromatic N) is 2. The van der Waals surface area contributed by atoms with Crippen molar-refractivity contribution in [2.75, 3.05) is 16.9 Å². The number of hydrogen-bond donors (Lipinski definition) is 1. The number of fused-ring (bicyclic) bond motifs is 4. The molecule has 0 spiro atoms. The number of anilines is 2. The predicted molar refractivity (Wildman–Crippen MR) is 168 cm³/mol. The molecule has 0 bridgehead atoms. The summed E-state index contributed by atoms with van der Waals surface area (Å²) in [5.74, 6) is -6.89. The second-order valence-electron chi connectivity index (χ2n) is 11.6. The van der Waals surface area contributed by atoms with Crippen LogP contribution in [0.1, 0.15) is 24.3 Å².